The van der Waals surface area contributed by atoms with E-state index in [-0.39, 0.29) is 5.91 Å². The lowest BCUT2D eigenvalue weighted by Gasteiger charge is -2.22. The van der Waals surface area contributed by atoms with E-state index in [1.54, 1.807) is 11.8 Å². The van der Waals surface area contributed by atoms with Gasteiger partial charge in [0.15, 0.2) is 0 Å². The van der Waals surface area contributed by atoms with Crippen LogP contribution in [0.3, 0.4) is 0 Å². The second kappa shape index (κ2) is 5.76. The number of carbonyl (C=O) groups is 1. The van der Waals surface area contributed by atoms with Gasteiger partial charge in [0.05, 0.1) is 5.75 Å². The monoisotopic (exact) mass is 295 g/mol. The smallest absolute Gasteiger partial charge is 0.230 e. The van der Waals surface area contributed by atoms with Crippen LogP contribution in [-0.2, 0) is 4.79 Å². The molecule has 102 valence electrons. The minimum absolute atomic E-state index is 0.164. The van der Waals surface area contributed by atoms with Crippen molar-refractivity contribution in [2.24, 2.45) is 11.8 Å². The molecule has 2 fully saturated rings. The van der Waals surface area contributed by atoms with Crippen LogP contribution >= 0.6 is 23.4 Å². The third-order valence-corrected chi connectivity index (χ3v) is 5.53. The molecule has 0 unspecified atom stereocenters. The van der Waals surface area contributed by atoms with Gasteiger partial charge in [-0.2, -0.15) is 0 Å². The fourth-order valence-electron chi connectivity index (χ4n) is 3.35. The predicted octanol–water partition coefficient (Wildman–Crippen LogP) is 3.74. The Labute approximate surface area is 123 Å². The highest BCUT2D eigenvalue weighted by Gasteiger charge is 2.39. The third kappa shape index (κ3) is 3.26. The minimum atomic E-state index is 0.164. The summed E-state index contributed by atoms with van der Waals surface area (Å²) in [7, 11) is 0. The van der Waals surface area contributed by atoms with Gasteiger partial charge in [0.25, 0.3) is 0 Å². The molecule has 0 heterocycles. The molecule has 1 amide bonds. The zero-order valence-corrected chi connectivity index (χ0v) is 12.3. The van der Waals surface area contributed by atoms with Crippen molar-refractivity contribution >= 4 is 29.3 Å². The molecule has 1 aromatic carbocycles. The van der Waals surface area contributed by atoms with Crippen LogP contribution in [0.5, 0.6) is 0 Å². The molecule has 2 aliphatic carbocycles. The largest absolute Gasteiger partial charge is 0.352 e. The standard InChI is InChI=1S/C15H18ClNOS/c16-12-3-5-13(6-4-12)19-9-15(18)17-14-8-10-1-2-11(14)7-10/h3-6,10-11,14H,1-2,7-9H2,(H,17,18)/t10-,11-,14-/m1/s1. The van der Waals surface area contributed by atoms with Crippen molar-refractivity contribution in [2.45, 2.75) is 36.6 Å². The van der Waals surface area contributed by atoms with Gasteiger partial charge >= 0.3 is 0 Å². The van der Waals surface area contributed by atoms with Crippen LogP contribution in [0.4, 0.5) is 0 Å². The van der Waals surface area contributed by atoms with Crippen LogP contribution in [0.1, 0.15) is 25.7 Å². The van der Waals surface area contributed by atoms with Gasteiger partial charge in [-0.05, 0) is 55.4 Å². The second-order valence-electron chi connectivity index (χ2n) is 5.59. The van der Waals surface area contributed by atoms with Crippen LogP contribution in [0.25, 0.3) is 0 Å². The first kappa shape index (κ1) is 13.3. The van der Waals surface area contributed by atoms with Crippen molar-refractivity contribution in [3.05, 3.63) is 29.3 Å². The lowest BCUT2D eigenvalue weighted by atomic mass is 9.95. The second-order valence-corrected chi connectivity index (χ2v) is 7.08. The number of carbonyl (C=O) groups excluding carboxylic acids is 1. The van der Waals surface area contributed by atoms with Crippen molar-refractivity contribution in [1.29, 1.82) is 0 Å². The Bertz CT molecular complexity index is 462. The van der Waals surface area contributed by atoms with Crippen molar-refractivity contribution in [1.82, 2.24) is 5.32 Å². The van der Waals surface area contributed by atoms with Gasteiger partial charge in [-0.25, -0.2) is 0 Å². The number of amides is 1. The summed E-state index contributed by atoms with van der Waals surface area (Å²) in [6.45, 7) is 0. The van der Waals surface area contributed by atoms with E-state index in [4.69, 9.17) is 11.6 Å². The fourth-order valence-corrected chi connectivity index (χ4v) is 4.19. The minimum Gasteiger partial charge on any atom is -0.352 e. The summed E-state index contributed by atoms with van der Waals surface area (Å²) < 4.78 is 0. The predicted molar refractivity (Wildman–Crippen MR) is 79.6 cm³/mol. The first-order valence-electron chi connectivity index (χ1n) is 6.88. The van der Waals surface area contributed by atoms with E-state index in [1.807, 2.05) is 24.3 Å². The fraction of sp³-hybridized carbons (Fsp3) is 0.533. The van der Waals surface area contributed by atoms with Gasteiger partial charge in [-0.3, -0.25) is 4.79 Å². The maximum atomic E-state index is 12.0. The van der Waals surface area contributed by atoms with Crippen LogP contribution in [0, 0.1) is 11.8 Å². The summed E-state index contributed by atoms with van der Waals surface area (Å²) in [5.74, 6) is 2.28. The summed E-state index contributed by atoms with van der Waals surface area (Å²) in [5, 5.41) is 3.94. The van der Waals surface area contributed by atoms with E-state index in [1.165, 1.54) is 25.7 Å². The SMILES string of the molecule is O=C(CSc1ccc(Cl)cc1)N[C@@H]1C[C@@H]2CC[C@@H]1C2. The zero-order valence-electron chi connectivity index (χ0n) is 10.8. The first-order chi connectivity index (χ1) is 9.20. The van der Waals surface area contributed by atoms with Gasteiger partial charge in [0.2, 0.25) is 5.91 Å². The maximum Gasteiger partial charge on any atom is 0.230 e. The number of benzene rings is 1. The Morgan fingerprint density at radius 1 is 1.26 bits per heavy atom. The van der Waals surface area contributed by atoms with Gasteiger partial charge in [0, 0.05) is 16.0 Å². The number of rotatable bonds is 4. The molecule has 0 aromatic heterocycles. The van der Waals surface area contributed by atoms with Gasteiger partial charge in [-0.15, -0.1) is 11.8 Å². The molecular weight excluding hydrogens is 278 g/mol. The lowest BCUT2D eigenvalue weighted by molar-refractivity contribution is -0.119. The van der Waals surface area contributed by atoms with E-state index < -0.39 is 0 Å². The van der Waals surface area contributed by atoms with Crippen molar-refractivity contribution in [3.8, 4) is 0 Å². The number of hydrogen-bond acceptors (Lipinski definition) is 2. The molecule has 0 saturated heterocycles. The highest BCUT2D eigenvalue weighted by molar-refractivity contribution is 8.00. The van der Waals surface area contributed by atoms with Crippen LogP contribution in [0.2, 0.25) is 5.02 Å². The number of hydrogen-bond donors (Lipinski definition) is 1. The Morgan fingerprint density at radius 3 is 2.68 bits per heavy atom. The Morgan fingerprint density at radius 2 is 2.05 bits per heavy atom. The van der Waals surface area contributed by atoms with E-state index in [2.05, 4.69) is 5.32 Å². The Kier molecular flexibility index (Phi) is 4.04. The maximum absolute atomic E-state index is 12.0. The normalized spacial score (nSPS) is 28.6. The number of halogens is 1. The topological polar surface area (TPSA) is 29.1 Å². The lowest BCUT2D eigenvalue weighted by Crippen LogP contribution is -2.39. The summed E-state index contributed by atoms with van der Waals surface area (Å²) in [6, 6.07) is 8.07. The van der Waals surface area contributed by atoms with Crippen molar-refractivity contribution < 1.29 is 4.79 Å². The zero-order chi connectivity index (χ0) is 13.2. The molecule has 2 saturated carbocycles. The summed E-state index contributed by atoms with van der Waals surface area (Å²) >= 11 is 7.41. The molecule has 1 N–H and O–H groups in total. The third-order valence-electron chi connectivity index (χ3n) is 4.27. The van der Waals surface area contributed by atoms with E-state index in [0.29, 0.717) is 11.8 Å². The molecule has 3 atom stereocenters. The average Bonchev–Trinajstić information content (AvgIpc) is 3.00. The average molecular weight is 296 g/mol. The molecule has 4 heteroatoms. The van der Waals surface area contributed by atoms with Gasteiger partial charge < -0.3 is 5.32 Å². The molecule has 2 nitrogen and oxygen atoms in total. The molecule has 2 bridgehead atoms. The number of thioether (sulfide) groups is 1. The van der Waals surface area contributed by atoms with Crippen LogP contribution in [-0.4, -0.2) is 17.7 Å². The van der Waals surface area contributed by atoms with Crippen LogP contribution in [0.15, 0.2) is 29.2 Å². The summed E-state index contributed by atoms with van der Waals surface area (Å²) in [5.41, 5.74) is 0. The van der Waals surface area contributed by atoms with Crippen molar-refractivity contribution in [2.75, 3.05) is 5.75 Å². The quantitative estimate of drug-likeness (QED) is 0.858. The number of fused-ring (bicyclic) bond motifs is 2. The molecule has 2 aliphatic rings. The summed E-state index contributed by atoms with van der Waals surface area (Å²) in [4.78, 5) is 13.0. The molecule has 0 spiro atoms. The van der Waals surface area contributed by atoms with E-state index >= 15 is 0 Å². The van der Waals surface area contributed by atoms with Crippen LogP contribution < -0.4 is 5.32 Å². The van der Waals surface area contributed by atoms with Crippen molar-refractivity contribution in [3.63, 3.8) is 0 Å². The van der Waals surface area contributed by atoms with Gasteiger partial charge in [-0.1, -0.05) is 18.0 Å². The molecule has 19 heavy (non-hydrogen) atoms. The summed E-state index contributed by atoms with van der Waals surface area (Å²) in [6.07, 6.45) is 5.20. The van der Waals surface area contributed by atoms with Gasteiger partial charge in [0.1, 0.15) is 0 Å². The molecule has 1 aromatic rings. The Hall–Kier alpha value is -0.670. The highest BCUT2D eigenvalue weighted by Crippen LogP contribution is 2.44. The van der Waals surface area contributed by atoms with E-state index in [0.717, 1.165) is 21.8 Å². The highest BCUT2D eigenvalue weighted by atomic mass is 35.5. The molecular formula is C15H18ClNOS. The number of nitrogens with one attached hydrogen (secondary N) is 1. The molecule has 0 aliphatic heterocycles. The molecule has 0 radical (unpaired) electrons. The first-order valence-corrected chi connectivity index (χ1v) is 8.25. The van der Waals surface area contributed by atoms with E-state index in [9.17, 15) is 4.79 Å². The molecule has 3 rings (SSSR count). The Balaban J connectivity index is 1.45.